The summed E-state index contributed by atoms with van der Waals surface area (Å²) in [5.41, 5.74) is -0.408. The molecule has 1 unspecified atom stereocenters. The van der Waals surface area contributed by atoms with E-state index in [1.165, 1.54) is 0 Å². The minimum absolute atomic E-state index is 0.0282. The van der Waals surface area contributed by atoms with Gasteiger partial charge in [0.05, 0.1) is 12.2 Å². The standard InChI is InChI=1S/C20H23ClF2N4O2/c1-11(2)12(3)26-19-15(29-7-5-6-28-4)8-14(22)17(18(19)23)13-10-25-16(9-24)27-20(13)21/h8,10-12,26H,5-7H2,1-4H3. The van der Waals surface area contributed by atoms with Crippen molar-refractivity contribution >= 4 is 17.3 Å². The van der Waals surface area contributed by atoms with E-state index in [-0.39, 0.29) is 52.1 Å². The molecule has 0 fully saturated rings. The Morgan fingerprint density at radius 2 is 2.00 bits per heavy atom. The molecule has 0 bridgehead atoms. The van der Waals surface area contributed by atoms with Gasteiger partial charge in [-0.1, -0.05) is 25.4 Å². The average molecular weight is 425 g/mol. The van der Waals surface area contributed by atoms with Crippen molar-refractivity contribution in [2.45, 2.75) is 33.2 Å². The molecule has 1 heterocycles. The predicted octanol–water partition coefficient (Wildman–Crippen LogP) is 4.82. The number of anilines is 1. The van der Waals surface area contributed by atoms with Gasteiger partial charge in [-0.25, -0.2) is 18.7 Å². The minimum atomic E-state index is -0.873. The summed E-state index contributed by atoms with van der Waals surface area (Å²) in [6.45, 7) is 6.54. The van der Waals surface area contributed by atoms with E-state index in [1.807, 2.05) is 20.8 Å². The molecule has 0 saturated carbocycles. The quantitative estimate of drug-likeness (QED) is 0.459. The molecule has 1 atom stereocenters. The summed E-state index contributed by atoms with van der Waals surface area (Å²) < 4.78 is 40.9. The smallest absolute Gasteiger partial charge is 0.233 e. The van der Waals surface area contributed by atoms with Crippen LogP contribution in [0.25, 0.3) is 11.1 Å². The lowest BCUT2D eigenvalue weighted by molar-refractivity contribution is 0.172. The van der Waals surface area contributed by atoms with Crippen LogP contribution < -0.4 is 10.1 Å². The Labute approximate surface area is 173 Å². The molecule has 0 radical (unpaired) electrons. The zero-order valence-corrected chi connectivity index (χ0v) is 17.5. The Kier molecular flexibility index (Phi) is 8.11. The van der Waals surface area contributed by atoms with Gasteiger partial charge in [0.2, 0.25) is 5.82 Å². The highest BCUT2D eigenvalue weighted by molar-refractivity contribution is 6.32. The molecule has 1 N–H and O–H groups in total. The van der Waals surface area contributed by atoms with Gasteiger partial charge in [-0.3, -0.25) is 0 Å². The van der Waals surface area contributed by atoms with Gasteiger partial charge in [0, 0.05) is 44.0 Å². The van der Waals surface area contributed by atoms with Crippen molar-refractivity contribution in [2.24, 2.45) is 5.92 Å². The summed E-state index contributed by atoms with van der Waals surface area (Å²) in [4.78, 5) is 7.53. The first-order chi connectivity index (χ1) is 13.8. The average Bonchev–Trinajstić information content (AvgIpc) is 2.68. The van der Waals surface area contributed by atoms with Crippen LogP contribution >= 0.6 is 11.6 Å². The van der Waals surface area contributed by atoms with Crippen LogP contribution in [-0.2, 0) is 4.74 Å². The fraction of sp³-hybridized carbons (Fsp3) is 0.450. The Morgan fingerprint density at radius 3 is 2.59 bits per heavy atom. The topological polar surface area (TPSA) is 80.1 Å². The number of ether oxygens (including phenoxy) is 2. The lowest BCUT2D eigenvalue weighted by Gasteiger charge is -2.23. The monoisotopic (exact) mass is 424 g/mol. The third-order valence-electron chi connectivity index (χ3n) is 4.42. The SMILES string of the molecule is COCCCOc1cc(F)c(-c2cnc(C#N)nc2Cl)c(F)c1NC(C)C(C)C. The molecule has 2 rings (SSSR count). The number of hydrogen-bond acceptors (Lipinski definition) is 6. The summed E-state index contributed by atoms with van der Waals surface area (Å²) in [7, 11) is 1.56. The molecule has 29 heavy (non-hydrogen) atoms. The number of methoxy groups -OCH3 is 1. The number of rotatable bonds is 9. The molecule has 1 aromatic heterocycles. The molecule has 0 aliphatic rings. The number of benzene rings is 1. The Hall–Kier alpha value is -2.50. The summed E-state index contributed by atoms with van der Waals surface area (Å²) in [5, 5.41) is 11.7. The van der Waals surface area contributed by atoms with Crippen molar-refractivity contribution in [3.8, 4) is 22.9 Å². The largest absolute Gasteiger partial charge is 0.491 e. The molecule has 9 heteroatoms. The maximum absolute atomic E-state index is 15.5. The van der Waals surface area contributed by atoms with Crippen molar-refractivity contribution in [2.75, 3.05) is 25.6 Å². The van der Waals surface area contributed by atoms with Gasteiger partial charge in [0.25, 0.3) is 0 Å². The lowest BCUT2D eigenvalue weighted by atomic mass is 10.0. The maximum atomic E-state index is 15.5. The van der Waals surface area contributed by atoms with Gasteiger partial charge >= 0.3 is 0 Å². The van der Waals surface area contributed by atoms with E-state index in [9.17, 15) is 4.39 Å². The second-order valence-corrected chi connectivity index (χ2v) is 7.16. The van der Waals surface area contributed by atoms with E-state index in [4.69, 9.17) is 26.3 Å². The fourth-order valence-electron chi connectivity index (χ4n) is 2.45. The molecular formula is C20H23ClF2N4O2. The van der Waals surface area contributed by atoms with Crippen molar-refractivity contribution in [3.05, 3.63) is 34.9 Å². The zero-order valence-electron chi connectivity index (χ0n) is 16.7. The van der Waals surface area contributed by atoms with Crippen LogP contribution in [0.4, 0.5) is 14.5 Å². The number of nitriles is 1. The third-order valence-corrected chi connectivity index (χ3v) is 4.70. The minimum Gasteiger partial charge on any atom is -0.491 e. The summed E-state index contributed by atoms with van der Waals surface area (Å²) in [6, 6.07) is 2.72. The molecule has 156 valence electrons. The molecule has 1 aromatic carbocycles. The Bertz CT molecular complexity index is 903. The van der Waals surface area contributed by atoms with Gasteiger partial charge in [0.1, 0.15) is 28.5 Å². The van der Waals surface area contributed by atoms with E-state index in [2.05, 4.69) is 15.3 Å². The van der Waals surface area contributed by atoms with Crippen molar-refractivity contribution < 1.29 is 18.3 Å². The fourth-order valence-corrected chi connectivity index (χ4v) is 2.68. The first kappa shape index (κ1) is 22.8. The van der Waals surface area contributed by atoms with Crippen LogP contribution in [-0.4, -0.2) is 36.3 Å². The molecule has 0 spiro atoms. The number of aromatic nitrogens is 2. The molecule has 2 aromatic rings. The Balaban J connectivity index is 2.54. The highest BCUT2D eigenvalue weighted by Gasteiger charge is 2.25. The van der Waals surface area contributed by atoms with Crippen LogP contribution in [0, 0.1) is 28.9 Å². The summed E-state index contributed by atoms with van der Waals surface area (Å²) in [6.07, 6.45) is 1.69. The molecule has 0 aliphatic carbocycles. The van der Waals surface area contributed by atoms with Crippen molar-refractivity contribution in [1.29, 1.82) is 5.26 Å². The second-order valence-electron chi connectivity index (χ2n) is 6.80. The van der Waals surface area contributed by atoms with Gasteiger partial charge < -0.3 is 14.8 Å². The number of hydrogen-bond donors (Lipinski definition) is 1. The van der Waals surface area contributed by atoms with Crippen LogP contribution in [0.1, 0.15) is 33.0 Å². The van der Waals surface area contributed by atoms with Crippen molar-refractivity contribution in [3.63, 3.8) is 0 Å². The highest BCUT2D eigenvalue weighted by atomic mass is 35.5. The first-order valence-electron chi connectivity index (χ1n) is 9.13. The first-order valence-corrected chi connectivity index (χ1v) is 9.51. The summed E-state index contributed by atoms with van der Waals surface area (Å²) in [5.74, 6) is -1.69. The Morgan fingerprint density at radius 1 is 1.28 bits per heavy atom. The zero-order chi connectivity index (χ0) is 21.6. The van der Waals surface area contributed by atoms with E-state index < -0.39 is 11.6 Å². The second kappa shape index (κ2) is 10.3. The summed E-state index contributed by atoms with van der Waals surface area (Å²) >= 11 is 6.05. The predicted molar refractivity (Wildman–Crippen MR) is 107 cm³/mol. The van der Waals surface area contributed by atoms with Crippen molar-refractivity contribution in [1.82, 2.24) is 9.97 Å². The van der Waals surface area contributed by atoms with E-state index in [0.717, 1.165) is 12.3 Å². The van der Waals surface area contributed by atoms with Crippen LogP contribution in [0.3, 0.4) is 0 Å². The maximum Gasteiger partial charge on any atom is 0.233 e. The van der Waals surface area contributed by atoms with Crippen LogP contribution in [0.2, 0.25) is 5.15 Å². The number of nitrogens with zero attached hydrogens (tertiary/aromatic N) is 3. The van der Waals surface area contributed by atoms with E-state index in [0.29, 0.717) is 13.0 Å². The van der Waals surface area contributed by atoms with Gasteiger partial charge in [-0.2, -0.15) is 5.26 Å². The number of halogens is 3. The van der Waals surface area contributed by atoms with Crippen LogP contribution in [0.5, 0.6) is 5.75 Å². The molecule has 0 saturated heterocycles. The molecular weight excluding hydrogens is 402 g/mol. The van der Waals surface area contributed by atoms with E-state index >= 15 is 4.39 Å². The van der Waals surface area contributed by atoms with Gasteiger partial charge in [-0.15, -0.1) is 0 Å². The lowest BCUT2D eigenvalue weighted by Crippen LogP contribution is -2.23. The number of nitrogens with one attached hydrogen (secondary N) is 1. The normalized spacial score (nSPS) is 12.0. The van der Waals surface area contributed by atoms with Crippen LogP contribution in [0.15, 0.2) is 12.3 Å². The highest BCUT2D eigenvalue weighted by Crippen LogP contribution is 2.40. The molecule has 0 amide bonds. The molecule has 6 nitrogen and oxygen atoms in total. The van der Waals surface area contributed by atoms with Gasteiger partial charge in [-0.05, 0) is 12.8 Å². The molecule has 0 aliphatic heterocycles. The van der Waals surface area contributed by atoms with Gasteiger partial charge in [0.15, 0.2) is 5.82 Å². The third kappa shape index (κ3) is 5.52. The van der Waals surface area contributed by atoms with E-state index in [1.54, 1.807) is 13.2 Å².